The maximum atomic E-state index is 6.04. The highest BCUT2D eigenvalue weighted by atomic mass is 16.5. The molecule has 0 amide bonds. The molecule has 0 fully saturated rings. The molecule has 0 radical (unpaired) electrons. The van der Waals surface area contributed by atoms with Gasteiger partial charge in [0.2, 0.25) is 0 Å². The van der Waals surface area contributed by atoms with Crippen molar-refractivity contribution >= 4 is 16.5 Å². The van der Waals surface area contributed by atoms with Gasteiger partial charge in [0.25, 0.3) is 0 Å². The fourth-order valence-electron chi connectivity index (χ4n) is 4.23. The van der Waals surface area contributed by atoms with Crippen LogP contribution >= 0.6 is 0 Å². The van der Waals surface area contributed by atoms with Gasteiger partial charge in [-0.05, 0) is 48.4 Å². The Morgan fingerprint density at radius 2 is 1.23 bits per heavy atom. The number of benzene rings is 3. The van der Waals surface area contributed by atoms with E-state index in [1.807, 2.05) is 31.2 Å². The summed E-state index contributed by atoms with van der Waals surface area (Å²) in [7, 11) is 8.70. The number of hydrogen-bond donors (Lipinski definition) is 0. The number of ether oxygens (including phenoxy) is 5. The van der Waals surface area contributed by atoms with Crippen molar-refractivity contribution in [1.82, 2.24) is 0 Å². The van der Waals surface area contributed by atoms with Gasteiger partial charge in [-0.1, -0.05) is 0 Å². The minimum atomic E-state index is 0.566. The molecule has 3 aromatic rings. The molecule has 1 aliphatic rings. The highest BCUT2D eigenvalue weighted by Crippen LogP contribution is 2.50. The molecule has 0 bridgehead atoms. The van der Waals surface area contributed by atoms with Crippen molar-refractivity contribution in [1.29, 1.82) is 0 Å². The average molecular weight is 409 g/mol. The molecule has 0 aliphatic carbocycles. The Morgan fingerprint density at radius 3 is 1.83 bits per heavy atom. The molecule has 0 saturated heterocycles. The Kier molecular flexibility index (Phi) is 5.24. The fourth-order valence-corrected chi connectivity index (χ4v) is 4.23. The summed E-state index contributed by atoms with van der Waals surface area (Å²) in [4.78, 5) is 2.24. The van der Waals surface area contributed by atoms with Crippen molar-refractivity contribution in [3.05, 3.63) is 35.9 Å². The van der Waals surface area contributed by atoms with Crippen LogP contribution in [0.25, 0.3) is 21.9 Å². The van der Waals surface area contributed by atoms with Crippen molar-refractivity contribution in [2.75, 3.05) is 47.0 Å². The van der Waals surface area contributed by atoms with Crippen LogP contribution in [0.15, 0.2) is 30.3 Å². The molecule has 0 spiro atoms. The molecule has 0 saturated carbocycles. The van der Waals surface area contributed by atoms with Gasteiger partial charge in [-0.2, -0.15) is 0 Å². The number of nitrogens with zero attached hydrogens (tertiary/aromatic N) is 1. The van der Waals surface area contributed by atoms with Gasteiger partial charge in [-0.15, -0.1) is 0 Å². The van der Waals surface area contributed by atoms with Crippen LogP contribution in [0.1, 0.15) is 12.5 Å². The first-order valence-corrected chi connectivity index (χ1v) is 9.88. The number of methoxy groups -OCH3 is 4. The molecule has 0 aromatic heterocycles. The first kappa shape index (κ1) is 20.0. The Morgan fingerprint density at radius 1 is 0.700 bits per heavy atom. The lowest BCUT2D eigenvalue weighted by Crippen LogP contribution is -2.22. The second-order valence-corrected chi connectivity index (χ2v) is 7.18. The average Bonchev–Trinajstić information content (AvgIpc) is 2.77. The summed E-state index contributed by atoms with van der Waals surface area (Å²) in [5.74, 6) is 3.61. The molecular weight excluding hydrogens is 382 g/mol. The maximum Gasteiger partial charge on any atom is 0.161 e. The standard InChI is InChI=1S/C24H27NO5/c1-7-30-19-11-17-15-9-21(27-4)20(26-3)8-14(15)13-25(2)24(17)18-12-23(29-6)22(28-5)10-16(18)19/h8-12H,7,13H2,1-6H3. The predicted octanol–water partition coefficient (Wildman–Crippen LogP) is 4.89. The normalized spacial score (nSPS) is 12.3. The van der Waals surface area contributed by atoms with E-state index in [4.69, 9.17) is 23.7 Å². The third kappa shape index (κ3) is 3.03. The molecule has 1 aliphatic heterocycles. The van der Waals surface area contributed by atoms with Crippen molar-refractivity contribution in [2.45, 2.75) is 13.5 Å². The van der Waals surface area contributed by atoms with E-state index < -0.39 is 0 Å². The quantitative estimate of drug-likeness (QED) is 0.578. The molecule has 158 valence electrons. The van der Waals surface area contributed by atoms with Gasteiger partial charge < -0.3 is 28.6 Å². The van der Waals surface area contributed by atoms with E-state index in [1.54, 1.807) is 28.4 Å². The minimum absolute atomic E-state index is 0.566. The number of fused-ring (bicyclic) bond motifs is 5. The monoisotopic (exact) mass is 409 g/mol. The van der Waals surface area contributed by atoms with E-state index in [2.05, 4.69) is 18.0 Å². The molecule has 0 atom stereocenters. The molecule has 0 N–H and O–H groups in total. The van der Waals surface area contributed by atoms with Crippen LogP contribution in [0.3, 0.4) is 0 Å². The zero-order chi connectivity index (χ0) is 21.4. The lowest BCUT2D eigenvalue weighted by atomic mass is 9.89. The second kappa shape index (κ2) is 7.86. The number of rotatable bonds is 6. The molecule has 0 unspecified atom stereocenters. The van der Waals surface area contributed by atoms with E-state index in [1.165, 1.54) is 5.56 Å². The summed E-state index contributed by atoms with van der Waals surface area (Å²) in [6.45, 7) is 3.30. The summed E-state index contributed by atoms with van der Waals surface area (Å²) in [6.07, 6.45) is 0. The number of hydrogen-bond acceptors (Lipinski definition) is 6. The van der Waals surface area contributed by atoms with E-state index >= 15 is 0 Å². The van der Waals surface area contributed by atoms with Crippen LogP contribution in [0.4, 0.5) is 5.69 Å². The van der Waals surface area contributed by atoms with Crippen LogP contribution < -0.4 is 28.6 Å². The van der Waals surface area contributed by atoms with Crippen molar-refractivity contribution in [2.24, 2.45) is 0 Å². The van der Waals surface area contributed by atoms with Gasteiger partial charge >= 0.3 is 0 Å². The first-order chi connectivity index (χ1) is 14.6. The third-order valence-corrected chi connectivity index (χ3v) is 5.56. The summed E-state index contributed by atoms with van der Waals surface area (Å²) in [5.41, 5.74) is 4.49. The van der Waals surface area contributed by atoms with Crippen molar-refractivity contribution in [3.8, 4) is 39.9 Å². The first-order valence-electron chi connectivity index (χ1n) is 9.88. The smallest absolute Gasteiger partial charge is 0.161 e. The van der Waals surface area contributed by atoms with Crippen LogP contribution in [-0.2, 0) is 6.54 Å². The van der Waals surface area contributed by atoms with Crippen molar-refractivity contribution < 1.29 is 23.7 Å². The third-order valence-electron chi connectivity index (χ3n) is 5.56. The molecular formula is C24H27NO5. The minimum Gasteiger partial charge on any atom is -0.493 e. The Balaban J connectivity index is 2.08. The lowest BCUT2D eigenvalue weighted by Gasteiger charge is -2.32. The summed E-state index contributed by atoms with van der Waals surface area (Å²) in [5, 5.41) is 2.04. The highest BCUT2D eigenvalue weighted by Gasteiger charge is 2.27. The molecule has 3 aromatic carbocycles. The predicted molar refractivity (Wildman–Crippen MR) is 119 cm³/mol. The van der Waals surface area contributed by atoms with Crippen LogP contribution in [0.5, 0.6) is 28.7 Å². The summed E-state index contributed by atoms with van der Waals surface area (Å²) in [6, 6.07) is 10.2. The van der Waals surface area contributed by atoms with E-state index in [-0.39, 0.29) is 0 Å². The molecule has 30 heavy (non-hydrogen) atoms. The Hall–Kier alpha value is -3.28. The van der Waals surface area contributed by atoms with Gasteiger partial charge in [-0.3, -0.25) is 0 Å². The number of anilines is 1. The fraction of sp³-hybridized carbons (Fsp3) is 0.333. The maximum absolute atomic E-state index is 6.04. The zero-order valence-corrected chi connectivity index (χ0v) is 18.3. The van der Waals surface area contributed by atoms with Crippen molar-refractivity contribution in [3.63, 3.8) is 0 Å². The van der Waals surface area contributed by atoms with Gasteiger partial charge in [0.15, 0.2) is 23.0 Å². The van der Waals surface area contributed by atoms with E-state index in [0.29, 0.717) is 23.9 Å². The summed E-state index contributed by atoms with van der Waals surface area (Å²) < 4.78 is 28.2. The van der Waals surface area contributed by atoms with Gasteiger partial charge in [0, 0.05) is 29.9 Å². The second-order valence-electron chi connectivity index (χ2n) is 7.18. The molecule has 6 nitrogen and oxygen atoms in total. The molecule has 4 rings (SSSR count). The van der Waals surface area contributed by atoms with E-state index in [0.717, 1.165) is 45.6 Å². The van der Waals surface area contributed by atoms with Gasteiger partial charge in [0.05, 0.1) is 40.7 Å². The SMILES string of the molecule is CCOc1cc2c(c3cc(OC)c(OC)cc13)N(C)Cc1cc(OC)c(OC)cc1-2. The van der Waals surface area contributed by atoms with E-state index in [9.17, 15) is 0 Å². The topological polar surface area (TPSA) is 49.4 Å². The lowest BCUT2D eigenvalue weighted by molar-refractivity contribution is 0.343. The molecule has 1 heterocycles. The largest absolute Gasteiger partial charge is 0.493 e. The zero-order valence-electron chi connectivity index (χ0n) is 18.3. The van der Waals surface area contributed by atoms with Crippen LogP contribution in [0.2, 0.25) is 0 Å². The summed E-state index contributed by atoms with van der Waals surface area (Å²) >= 11 is 0. The van der Waals surface area contributed by atoms with Gasteiger partial charge in [-0.25, -0.2) is 0 Å². The Bertz CT molecular complexity index is 1110. The van der Waals surface area contributed by atoms with Gasteiger partial charge in [0.1, 0.15) is 5.75 Å². The van der Waals surface area contributed by atoms with Crippen LogP contribution in [-0.4, -0.2) is 42.1 Å². The molecule has 6 heteroatoms. The Labute approximate surface area is 176 Å². The van der Waals surface area contributed by atoms with Crippen LogP contribution in [0, 0.1) is 0 Å². The highest BCUT2D eigenvalue weighted by molar-refractivity contribution is 6.08.